The van der Waals surface area contributed by atoms with Crippen LogP contribution in [0, 0.1) is 5.92 Å². The molecule has 1 heterocycles. The third-order valence-electron chi connectivity index (χ3n) is 4.16. The van der Waals surface area contributed by atoms with Gasteiger partial charge in [-0.05, 0) is 30.4 Å². The van der Waals surface area contributed by atoms with Crippen LogP contribution in [0.1, 0.15) is 38.3 Å². The lowest BCUT2D eigenvalue weighted by Crippen LogP contribution is -2.36. The molecule has 3 atom stereocenters. The molecule has 100 valence electrons. The minimum absolute atomic E-state index is 0.0800. The topological polar surface area (TPSA) is 49.5 Å². The van der Waals surface area contributed by atoms with E-state index in [1.165, 1.54) is 11.3 Å². The summed E-state index contributed by atoms with van der Waals surface area (Å²) < 4.78 is 0. The fraction of sp³-hybridized carbons (Fsp3) is 0.600. The quantitative estimate of drug-likeness (QED) is 0.859. The van der Waals surface area contributed by atoms with Crippen molar-refractivity contribution in [3.63, 3.8) is 0 Å². The summed E-state index contributed by atoms with van der Waals surface area (Å²) in [6.07, 6.45) is 2.07. The van der Waals surface area contributed by atoms with Crippen LogP contribution in [0.3, 0.4) is 0 Å². The fourth-order valence-corrected chi connectivity index (χ4v) is 2.87. The highest BCUT2D eigenvalue weighted by Gasteiger charge is 2.32. The van der Waals surface area contributed by atoms with Gasteiger partial charge in [-0.25, -0.2) is 0 Å². The van der Waals surface area contributed by atoms with E-state index in [2.05, 4.69) is 36.9 Å². The molecule has 1 saturated heterocycles. The third kappa shape index (κ3) is 2.38. The number of aliphatic hydroxyl groups excluding tert-OH is 1. The molecule has 0 saturated carbocycles. The standard InChI is InChI=1S/C15H24N2O/c1-3-13(16)12-6-4-5-7-14(12)17-9-8-11(2)15(17)10-18/h4-7,11,13,15,18H,3,8-10,16H2,1-2H3/t11?,13-,15?/m0/s1. The molecule has 3 heteroatoms. The number of para-hydroxylation sites is 1. The first-order valence-electron chi connectivity index (χ1n) is 6.91. The number of aliphatic hydroxyl groups is 1. The number of rotatable bonds is 4. The third-order valence-corrected chi connectivity index (χ3v) is 4.16. The van der Waals surface area contributed by atoms with Crippen LogP contribution in [0.5, 0.6) is 0 Å². The average molecular weight is 248 g/mol. The smallest absolute Gasteiger partial charge is 0.0637 e. The van der Waals surface area contributed by atoms with Crippen LogP contribution in [0.15, 0.2) is 24.3 Å². The summed E-state index contributed by atoms with van der Waals surface area (Å²) in [6, 6.07) is 8.65. The van der Waals surface area contributed by atoms with Crippen molar-refractivity contribution in [2.24, 2.45) is 11.7 Å². The molecule has 2 unspecified atom stereocenters. The van der Waals surface area contributed by atoms with Crippen LogP contribution < -0.4 is 10.6 Å². The van der Waals surface area contributed by atoms with E-state index in [4.69, 9.17) is 5.73 Å². The zero-order valence-corrected chi connectivity index (χ0v) is 11.3. The maximum Gasteiger partial charge on any atom is 0.0637 e. The number of nitrogens with zero attached hydrogens (tertiary/aromatic N) is 1. The SMILES string of the molecule is CC[C@H](N)c1ccccc1N1CCC(C)C1CO. The van der Waals surface area contributed by atoms with Gasteiger partial charge >= 0.3 is 0 Å². The Morgan fingerprint density at radius 3 is 2.83 bits per heavy atom. The first-order chi connectivity index (χ1) is 8.69. The van der Waals surface area contributed by atoms with Crippen LogP contribution >= 0.6 is 0 Å². The summed E-state index contributed by atoms with van der Waals surface area (Å²) in [5, 5.41) is 9.58. The molecular formula is C15H24N2O. The predicted octanol–water partition coefficient (Wildman–Crippen LogP) is 2.30. The van der Waals surface area contributed by atoms with Crippen molar-refractivity contribution in [3.8, 4) is 0 Å². The van der Waals surface area contributed by atoms with Crippen LogP contribution in [-0.4, -0.2) is 24.3 Å². The highest BCUT2D eigenvalue weighted by atomic mass is 16.3. The van der Waals surface area contributed by atoms with Gasteiger partial charge in [0.1, 0.15) is 0 Å². The Bertz CT molecular complexity index is 394. The molecule has 0 amide bonds. The molecule has 2 rings (SSSR count). The minimum atomic E-state index is 0.0800. The highest BCUT2D eigenvalue weighted by Crippen LogP contribution is 2.34. The van der Waals surface area contributed by atoms with E-state index in [1.807, 2.05) is 6.07 Å². The lowest BCUT2D eigenvalue weighted by atomic mass is 10.0. The molecule has 1 aromatic carbocycles. The molecule has 18 heavy (non-hydrogen) atoms. The number of hydrogen-bond donors (Lipinski definition) is 2. The van der Waals surface area contributed by atoms with Crippen molar-refractivity contribution in [1.29, 1.82) is 0 Å². The summed E-state index contributed by atoms with van der Waals surface area (Å²) in [6.45, 7) is 5.55. The van der Waals surface area contributed by atoms with E-state index in [0.717, 1.165) is 19.4 Å². The van der Waals surface area contributed by atoms with Gasteiger partial charge in [-0.1, -0.05) is 32.0 Å². The van der Waals surface area contributed by atoms with Crippen LogP contribution in [0.25, 0.3) is 0 Å². The summed E-state index contributed by atoms with van der Waals surface area (Å²) in [7, 11) is 0. The lowest BCUT2D eigenvalue weighted by molar-refractivity contribution is 0.244. The zero-order valence-electron chi connectivity index (χ0n) is 11.3. The van der Waals surface area contributed by atoms with Gasteiger partial charge in [-0.3, -0.25) is 0 Å². The van der Waals surface area contributed by atoms with Gasteiger partial charge in [0.15, 0.2) is 0 Å². The Morgan fingerprint density at radius 1 is 1.44 bits per heavy atom. The second kappa shape index (κ2) is 5.72. The second-order valence-corrected chi connectivity index (χ2v) is 5.28. The van der Waals surface area contributed by atoms with Gasteiger partial charge in [0.25, 0.3) is 0 Å². The van der Waals surface area contributed by atoms with Crippen LogP contribution in [0.2, 0.25) is 0 Å². The fourth-order valence-electron chi connectivity index (χ4n) is 2.87. The van der Waals surface area contributed by atoms with Gasteiger partial charge in [0.05, 0.1) is 12.6 Å². The predicted molar refractivity (Wildman–Crippen MR) is 75.7 cm³/mol. The molecular weight excluding hydrogens is 224 g/mol. The van der Waals surface area contributed by atoms with Gasteiger partial charge in [-0.2, -0.15) is 0 Å². The van der Waals surface area contributed by atoms with E-state index in [9.17, 15) is 5.11 Å². The normalized spacial score (nSPS) is 25.4. The average Bonchev–Trinajstić information content (AvgIpc) is 2.78. The zero-order chi connectivity index (χ0) is 13.1. The number of hydrogen-bond acceptors (Lipinski definition) is 3. The van der Waals surface area contributed by atoms with Crippen molar-refractivity contribution in [2.75, 3.05) is 18.1 Å². The van der Waals surface area contributed by atoms with Gasteiger partial charge in [0.2, 0.25) is 0 Å². The Labute approximate surface area is 110 Å². The summed E-state index contributed by atoms with van der Waals surface area (Å²) in [4.78, 5) is 2.33. The van der Waals surface area contributed by atoms with Crippen molar-refractivity contribution in [2.45, 2.75) is 38.8 Å². The molecule has 1 aliphatic heterocycles. The molecule has 0 aromatic heterocycles. The molecule has 0 bridgehead atoms. The number of anilines is 1. The maximum atomic E-state index is 9.58. The molecule has 0 aliphatic carbocycles. The monoisotopic (exact) mass is 248 g/mol. The van der Waals surface area contributed by atoms with E-state index in [-0.39, 0.29) is 18.7 Å². The van der Waals surface area contributed by atoms with Gasteiger partial charge in [0, 0.05) is 18.3 Å². The first kappa shape index (κ1) is 13.4. The van der Waals surface area contributed by atoms with E-state index in [1.54, 1.807) is 0 Å². The summed E-state index contributed by atoms with van der Waals surface area (Å²) in [5.74, 6) is 0.543. The van der Waals surface area contributed by atoms with Crippen LogP contribution in [-0.2, 0) is 0 Å². The Morgan fingerprint density at radius 2 is 2.17 bits per heavy atom. The molecule has 0 spiro atoms. The van der Waals surface area contributed by atoms with E-state index in [0.29, 0.717) is 5.92 Å². The molecule has 1 aromatic rings. The Balaban J connectivity index is 2.33. The molecule has 3 N–H and O–H groups in total. The number of nitrogens with two attached hydrogens (primary N) is 1. The summed E-state index contributed by atoms with van der Waals surface area (Å²) in [5.41, 5.74) is 8.60. The largest absolute Gasteiger partial charge is 0.394 e. The highest BCUT2D eigenvalue weighted by molar-refractivity contribution is 5.56. The molecule has 1 aliphatic rings. The van der Waals surface area contributed by atoms with Crippen molar-refractivity contribution in [1.82, 2.24) is 0 Å². The van der Waals surface area contributed by atoms with E-state index >= 15 is 0 Å². The van der Waals surface area contributed by atoms with Crippen molar-refractivity contribution >= 4 is 5.69 Å². The second-order valence-electron chi connectivity index (χ2n) is 5.28. The first-order valence-corrected chi connectivity index (χ1v) is 6.91. The summed E-state index contributed by atoms with van der Waals surface area (Å²) >= 11 is 0. The van der Waals surface area contributed by atoms with Gasteiger partial charge < -0.3 is 15.7 Å². The van der Waals surface area contributed by atoms with Crippen molar-refractivity contribution in [3.05, 3.63) is 29.8 Å². The number of benzene rings is 1. The lowest BCUT2D eigenvalue weighted by Gasteiger charge is -2.30. The molecule has 1 fully saturated rings. The van der Waals surface area contributed by atoms with Crippen molar-refractivity contribution < 1.29 is 5.11 Å². The van der Waals surface area contributed by atoms with Gasteiger partial charge in [-0.15, -0.1) is 0 Å². The Kier molecular flexibility index (Phi) is 4.25. The van der Waals surface area contributed by atoms with E-state index < -0.39 is 0 Å². The molecule has 3 nitrogen and oxygen atoms in total. The van der Waals surface area contributed by atoms with Crippen LogP contribution in [0.4, 0.5) is 5.69 Å². The maximum absolute atomic E-state index is 9.58. The Hall–Kier alpha value is -1.06. The minimum Gasteiger partial charge on any atom is -0.394 e. The molecule has 0 radical (unpaired) electrons.